The molecule has 2 heterocycles. The Morgan fingerprint density at radius 1 is 1.47 bits per heavy atom. The van der Waals surface area contributed by atoms with E-state index in [1.54, 1.807) is 6.20 Å². The Labute approximate surface area is 101 Å². The van der Waals surface area contributed by atoms with Gasteiger partial charge in [-0.25, -0.2) is 4.98 Å². The van der Waals surface area contributed by atoms with Crippen LogP contribution in [0, 0.1) is 0 Å². The summed E-state index contributed by atoms with van der Waals surface area (Å²) in [4.78, 5) is 4.27. The van der Waals surface area contributed by atoms with Crippen LogP contribution in [0.15, 0.2) is 16.8 Å². The summed E-state index contributed by atoms with van der Waals surface area (Å²) in [6, 6.07) is 0. The van der Waals surface area contributed by atoms with E-state index in [4.69, 9.17) is 4.42 Å². The van der Waals surface area contributed by atoms with E-state index >= 15 is 0 Å². The van der Waals surface area contributed by atoms with Crippen LogP contribution in [0.3, 0.4) is 0 Å². The summed E-state index contributed by atoms with van der Waals surface area (Å²) in [5, 5.41) is 7.47. The largest absolute Gasteiger partial charge is 0.441 e. The van der Waals surface area contributed by atoms with Crippen molar-refractivity contribution in [2.45, 2.75) is 19.8 Å². The number of oxazole rings is 1. The first-order valence-electron chi connectivity index (χ1n) is 5.86. The molecule has 0 atom stereocenters. The molecule has 0 fully saturated rings. The second-order valence-electron chi connectivity index (χ2n) is 3.99. The van der Waals surface area contributed by atoms with Gasteiger partial charge in [-0.05, 0) is 13.5 Å². The first-order valence-corrected chi connectivity index (χ1v) is 5.86. The number of aryl methyl sites for hydroxylation is 2. The lowest BCUT2D eigenvalue weighted by Crippen LogP contribution is -2.10. The predicted octanol–water partition coefficient (Wildman–Crippen LogP) is 1.40. The van der Waals surface area contributed by atoms with E-state index in [9.17, 15) is 0 Å². The molecule has 0 radical (unpaired) electrons. The highest BCUT2D eigenvalue weighted by Gasteiger charge is 2.13. The van der Waals surface area contributed by atoms with Gasteiger partial charge in [0.2, 0.25) is 0 Å². The second kappa shape index (κ2) is 5.14. The van der Waals surface area contributed by atoms with Crippen LogP contribution in [0.2, 0.25) is 0 Å². The lowest BCUT2D eigenvalue weighted by atomic mass is 10.2. The molecule has 0 saturated heterocycles. The van der Waals surface area contributed by atoms with Crippen molar-refractivity contribution in [3.8, 4) is 11.3 Å². The number of rotatable bonds is 5. The minimum absolute atomic E-state index is 0.764. The maximum absolute atomic E-state index is 5.72. The lowest BCUT2D eigenvalue weighted by molar-refractivity contribution is 0.500. The van der Waals surface area contributed by atoms with Crippen molar-refractivity contribution < 1.29 is 4.42 Å². The van der Waals surface area contributed by atoms with Crippen molar-refractivity contribution >= 4 is 0 Å². The average Bonchev–Trinajstić information content (AvgIpc) is 2.92. The molecule has 0 aliphatic heterocycles. The van der Waals surface area contributed by atoms with Crippen molar-refractivity contribution in [1.82, 2.24) is 20.1 Å². The molecule has 2 aromatic rings. The van der Waals surface area contributed by atoms with Gasteiger partial charge in [-0.2, -0.15) is 5.10 Å². The van der Waals surface area contributed by atoms with Crippen LogP contribution in [-0.4, -0.2) is 28.4 Å². The Bertz CT molecular complexity index is 486. The molecule has 2 rings (SSSR count). The van der Waals surface area contributed by atoms with Crippen LogP contribution in [-0.2, 0) is 19.9 Å². The highest BCUT2D eigenvalue weighted by molar-refractivity contribution is 5.58. The van der Waals surface area contributed by atoms with Crippen LogP contribution >= 0.6 is 0 Å². The van der Waals surface area contributed by atoms with E-state index in [-0.39, 0.29) is 0 Å². The van der Waals surface area contributed by atoms with Gasteiger partial charge >= 0.3 is 0 Å². The normalized spacial score (nSPS) is 11.0. The first-order chi connectivity index (χ1) is 8.24. The molecule has 0 amide bonds. The maximum atomic E-state index is 5.72. The van der Waals surface area contributed by atoms with Gasteiger partial charge in [0.1, 0.15) is 0 Å². The van der Waals surface area contributed by atoms with Crippen LogP contribution in [0.25, 0.3) is 11.3 Å². The monoisotopic (exact) mass is 234 g/mol. The third kappa shape index (κ3) is 2.55. The first kappa shape index (κ1) is 11.9. The molecule has 2 aromatic heterocycles. The number of nitrogens with zero attached hydrogens (tertiary/aromatic N) is 3. The van der Waals surface area contributed by atoms with Crippen molar-refractivity contribution in [1.29, 1.82) is 0 Å². The summed E-state index contributed by atoms with van der Waals surface area (Å²) >= 11 is 0. The Hall–Kier alpha value is -1.62. The standard InChI is InChI=1S/C12H18N4O/c1-4-10-9(8-16(3)15-10)11-7-14-12(17-11)5-6-13-2/h7-8,13H,4-6H2,1-3H3. The van der Waals surface area contributed by atoms with E-state index < -0.39 is 0 Å². The van der Waals surface area contributed by atoms with E-state index in [2.05, 4.69) is 22.3 Å². The fraction of sp³-hybridized carbons (Fsp3) is 0.500. The molecule has 0 spiro atoms. The highest BCUT2D eigenvalue weighted by atomic mass is 16.4. The molecule has 0 aromatic carbocycles. The third-order valence-corrected chi connectivity index (χ3v) is 2.65. The van der Waals surface area contributed by atoms with E-state index in [0.29, 0.717) is 0 Å². The predicted molar refractivity (Wildman–Crippen MR) is 65.7 cm³/mol. The van der Waals surface area contributed by atoms with Crippen LogP contribution in [0.4, 0.5) is 0 Å². The van der Waals surface area contributed by atoms with Crippen LogP contribution < -0.4 is 5.32 Å². The van der Waals surface area contributed by atoms with Crippen molar-refractivity contribution in [3.63, 3.8) is 0 Å². The van der Waals surface area contributed by atoms with Crippen molar-refractivity contribution in [2.24, 2.45) is 7.05 Å². The molecule has 1 N–H and O–H groups in total. The molecule has 0 aliphatic rings. The summed E-state index contributed by atoms with van der Waals surface area (Å²) in [6.07, 6.45) is 5.45. The van der Waals surface area contributed by atoms with E-state index in [1.807, 2.05) is 25.0 Å². The number of nitrogens with one attached hydrogen (secondary N) is 1. The number of likely N-dealkylation sites (N-methyl/N-ethyl adjacent to an activating group) is 1. The Morgan fingerprint density at radius 3 is 3.00 bits per heavy atom. The molecule has 0 saturated carbocycles. The number of hydrogen-bond donors (Lipinski definition) is 1. The molecule has 0 aliphatic carbocycles. The summed E-state index contributed by atoms with van der Waals surface area (Å²) in [5.74, 6) is 1.57. The number of hydrogen-bond acceptors (Lipinski definition) is 4. The Balaban J connectivity index is 2.23. The number of aromatic nitrogens is 3. The second-order valence-corrected chi connectivity index (χ2v) is 3.99. The quantitative estimate of drug-likeness (QED) is 0.849. The lowest BCUT2D eigenvalue weighted by Gasteiger charge is -1.95. The van der Waals surface area contributed by atoms with Gasteiger partial charge in [0, 0.05) is 26.2 Å². The molecule has 17 heavy (non-hydrogen) atoms. The minimum atomic E-state index is 0.764. The van der Waals surface area contributed by atoms with Gasteiger partial charge < -0.3 is 9.73 Å². The fourth-order valence-corrected chi connectivity index (χ4v) is 1.78. The molecule has 0 bridgehead atoms. The zero-order valence-electron chi connectivity index (χ0n) is 10.5. The molecule has 5 nitrogen and oxygen atoms in total. The average molecular weight is 234 g/mol. The summed E-state index contributed by atoms with van der Waals surface area (Å²) in [6.45, 7) is 2.96. The van der Waals surface area contributed by atoms with Gasteiger partial charge in [0.15, 0.2) is 11.7 Å². The van der Waals surface area contributed by atoms with Crippen LogP contribution in [0.1, 0.15) is 18.5 Å². The zero-order chi connectivity index (χ0) is 12.3. The van der Waals surface area contributed by atoms with Crippen molar-refractivity contribution in [2.75, 3.05) is 13.6 Å². The molecular formula is C12H18N4O. The molecule has 5 heteroatoms. The van der Waals surface area contributed by atoms with Gasteiger partial charge in [-0.1, -0.05) is 6.92 Å². The van der Waals surface area contributed by atoms with Gasteiger partial charge in [-0.3, -0.25) is 4.68 Å². The van der Waals surface area contributed by atoms with Crippen molar-refractivity contribution in [3.05, 3.63) is 24.0 Å². The highest BCUT2D eigenvalue weighted by Crippen LogP contribution is 2.24. The van der Waals surface area contributed by atoms with Gasteiger partial charge in [-0.15, -0.1) is 0 Å². The zero-order valence-corrected chi connectivity index (χ0v) is 10.5. The Kier molecular flexibility index (Phi) is 3.58. The summed E-state index contributed by atoms with van der Waals surface area (Å²) in [7, 11) is 3.83. The van der Waals surface area contributed by atoms with E-state index in [0.717, 1.165) is 42.3 Å². The van der Waals surface area contributed by atoms with E-state index in [1.165, 1.54) is 0 Å². The van der Waals surface area contributed by atoms with Crippen LogP contribution in [0.5, 0.6) is 0 Å². The topological polar surface area (TPSA) is 55.9 Å². The molecule has 92 valence electrons. The minimum Gasteiger partial charge on any atom is -0.441 e. The fourth-order valence-electron chi connectivity index (χ4n) is 1.78. The SMILES string of the molecule is CCc1nn(C)cc1-c1cnc(CCNC)o1. The summed E-state index contributed by atoms with van der Waals surface area (Å²) < 4.78 is 7.53. The smallest absolute Gasteiger partial charge is 0.196 e. The molecular weight excluding hydrogens is 216 g/mol. The molecule has 0 unspecified atom stereocenters. The maximum Gasteiger partial charge on any atom is 0.196 e. The Morgan fingerprint density at radius 2 is 2.29 bits per heavy atom. The van der Waals surface area contributed by atoms with Gasteiger partial charge in [0.25, 0.3) is 0 Å². The summed E-state index contributed by atoms with van der Waals surface area (Å²) in [5.41, 5.74) is 2.09. The third-order valence-electron chi connectivity index (χ3n) is 2.65. The van der Waals surface area contributed by atoms with Gasteiger partial charge in [0.05, 0.1) is 17.5 Å².